The van der Waals surface area contributed by atoms with Crippen LogP contribution in [0.5, 0.6) is 5.75 Å². The molecule has 0 saturated heterocycles. The van der Waals surface area contributed by atoms with Gasteiger partial charge in [0.05, 0.1) is 19.6 Å². The lowest BCUT2D eigenvalue weighted by Gasteiger charge is -2.18. The number of nitrogens with zero attached hydrogens (tertiary/aromatic N) is 1. The molecular formula is C24H23FN2O4. The van der Waals surface area contributed by atoms with E-state index in [0.29, 0.717) is 28.1 Å². The van der Waals surface area contributed by atoms with Crippen LogP contribution >= 0.6 is 0 Å². The van der Waals surface area contributed by atoms with Crippen molar-refractivity contribution in [1.82, 2.24) is 10.3 Å². The number of nitrogens with one attached hydrogen (secondary N) is 1. The fourth-order valence-electron chi connectivity index (χ4n) is 3.25. The molecule has 1 aromatic heterocycles. The molecule has 0 aliphatic rings. The molecule has 3 rings (SSSR count). The van der Waals surface area contributed by atoms with Crippen LogP contribution in [0.1, 0.15) is 39.6 Å². The number of hydrogen-bond acceptors (Lipinski definition) is 4. The zero-order valence-electron chi connectivity index (χ0n) is 17.5. The van der Waals surface area contributed by atoms with Gasteiger partial charge in [-0.3, -0.25) is 9.59 Å². The maximum absolute atomic E-state index is 14.1. The van der Waals surface area contributed by atoms with E-state index in [2.05, 4.69) is 10.3 Å². The molecule has 0 fully saturated rings. The Labute approximate surface area is 179 Å². The summed E-state index contributed by atoms with van der Waals surface area (Å²) in [4.78, 5) is 28.7. The summed E-state index contributed by atoms with van der Waals surface area (Å²) >= 11 is 0. The van der Waals surface area contributed by atoms with Crippen LogP contribution in [0.2, 0.25) is 0 Å². The maximum atomic E-state index is 14.1. The van der Waals surface area contributed by atoms with Gasteiger partial charge in [0.25, 0.3) is 5.91 Å². The third kappa shape index (κ3) is 5.06. The van der Waals surface area contributed by atoms with Crippen LogP contribution in [0, 0.1) is 19.7 Å². The fourth-order valence-corrected chi connectivity index (χ4v) is 3.25. The second-order valence-corrected chi connectivity index (χ2v) is 7.19. The molecule has 1 atom stereocenters. The average Bonchev–Trinajstić information content (AvgIpc) is 2.75. The minimum atomic E-state index is -1.04. The molecule has 160 valence electrons. The van der Waals surface area contributed by atoms with Gasteiger partial charge in [0.15, 0.2) is 0 Å². The molecule has 0 aliphatic heterocycles. The van der Waals surface area contributed by atoms with Crippen molar-refractivity contribution in [2.75, 3.05) is 7.11 Å². The van der Waals surface area contributed by atoms with Gasteiger partial charge in [0, 0.05) is 5.56 Å². The summed E-state index contributed by atoms with van der Waals surface area (Å²) < 4.78 is 19.4. The zero-order chi connectivity index (χ0) is 22.5. The molecule has 3 aromatic rings. The number of carboxylic acids is 1. The Balaban J connectivity index is 1.95. The number of benzene rings is 2. The first kappa shape index (κ1) is 22.0. The third-order valence-electron chi connectivity index (χ3n) is 5.00. The predicted octanol–water partition coefficient (Wildman–Crippen LogP) is 4.46. The summed E-state index contributed by atoms with van der Waals surface area (Å²) in [6.07, 6.45) is -0.277. The molecular weight excluding hydrogens is 399 g/mol. The van der Waals surface area contributed by atoms with Crippen LogP contribution in [-0.2, 0) is 4.79 Å². The van der Waals surface area contributed by atoms with Crippen LogP contribution in [0.25, 0.3) is 11.3 Å². The number of carboxylic acid groups (broad SMARTS) is 1. The molecule has 0 saturated carbocycles. The van der Waals surface area contributed by atoms with Crippen LogP contribution in [-0.4, -0.2) is 29.1 Å². The summed E-state index contributed by atoms with van der Waals surface area (Å²) in [5.41, 5.74) is 2.99. The highest BCUT2D eigenvalue weighted by Crippen LogP contribution is 2.31. The second kappa shape index (κ2) is 9.38. The van der Waals surface area contributed by atoms with Crippen molar-refractivity contribution in [2.24, 2.45) is 0 Å². The van der Waals surface area contributed by atoms with Gasteiger partial charge in [-0.25, -0.2) is 9.37 Å². The summed E-state index contributed by atoms with van der Waals surface area (Å²) in [7, 11) is 1.47. The smallest absolute Gasteiger partial charge is 0.305 e. The van der Waals surface area contributed by atoms with Gasteiger partial charge in [-0.1, -0.05) is 42.0 Å². The summed E-state index contributed by atoms with van der Waals surface area (Å²) in [6, 6.07) is 14.2. The van der Waals surface area contributed by atoms with Crippen LogP contribution < -0.4 is 10.1 Å². The van der Waals surface area contributed by atoms with Crippen LogP contribution in [0.4, 0.5) is 4.39 Å². The van der Waals surface area contributed by atoms with Crippen LogP contribution in [0.3, 0.4) is 0 Å². The minimum absolute atomic E-state index is 0.0713. The number of methoxy groups -OCH3 is 1. The quantitative estimate of drug-likeness (QED) is 0.587. The summed E-state index contributed by atoms with van der Waals surface area (Å²) in [5, 5.41) is 12.0. The van der Waals surface area contributed by atoms with Gasteiger partial charge in [-0.2, -0.15) is 0 Å². The van der Waals surface area contributed by atoms with Crippen LogP contribution in [0.15, 0.2) is 54.6 Å². The van der Waals surface area contributed by atoms with Crippen molar-refractivity contribution < 1.29 is 23.8 Å². The van der Waals surface area contributed by atoms with Crippen molar-refractivity contribution in [3.63, 3.8) is 0 Å². The van der Waals surface area contributed by atoms with Crippen molar-refractivity contribution >= 4 is 11.9 Å². The number of carbonyl (C=O) groups excluding carboxylic acids is 1. The Kier molecular flexibility index (Phi) is 6.65. The predicted molar refractivity (Wildman–Crippen MR) is 115 cm³/mol. The van der Waals surface area contributed by atoms with E-state index in [1.807, 2.05) is 19.1 Å². The number of aromatic nitrogens is 1. The topological polar surface area (TPSA) is 88.5 Å². The fraction of sp³-hybridized carbons (Fsp3) is 0.208. The first-order valence-corrected chi connectivity index (χ1v) is 9.70. The van der Waals surface area contributed by atoms with E-state index in [9.17, 15) is 19.1 Å². The van der Waals surface area contributed by atoms with Crippen molar-refractivity contribution in [1.29, 1.82) is 0 Å². The Morgan fingerprint density at radius 1 is 1.10 bits per heavy atom. The van der Waals surface area contributed by atoms with Crippen molar-refractivity contribution in [3.05, 3.63) is 82.8 Å². The molecule has 0 spiro atoms. The van der Waals surface area contributed by atoms with E-state index < -0.39 is 23.7 Å². The number of amides is 1. The first-order chi connectivity index (χ1) is 14.8. The molecule has 2 N–H and O–H groups in total. The minimum Gasteiger partial charge on any atom is -0.494 e. The van der Waals surface area contributed by atoms with E-state index in [0.717, 1.165) is 5.56 Å². The SMILES string of the molecule is COc1ccc(C(=O)NC(CC(=O)O)c2ccc(C)cc2)nc1-c1cccc(F)c1C. The normalized spacial score (nSPS) is 11.6. The standard InChI is InChI=1S/C24H23FN2O4/c1-14-7-9-16(10-8-14)20(13-22(28)29)27-24(30)19-11-12-21(31-3)23(26-19)17-5-4-6-18(25)15(17)2/h4-12,20H,13H2,1-3H3,(H,27,30)(H,28,29). The Bertz CT molecular complexity index is 1110. The highest BCUT2D eigenvalue weighted by atomic mass is 19.1. The van der Waals surface area contributed by atoms with Gasteiger partial charge in [-0.05, 0) is 43.2 Å². The number of halogens is 1. The van der Waals surface area contributed by atoms with Gasteiger partial charge >= 0.3 is 5.97 Å². The Hall–Kier alpha value is -3.74. The highest BCUT2D eigenvalue weighted by Gasteiger charge is 2.21. The van der Waals surface area contributed by atoms with E-state index >= 15 is 0 Å². The maximum Gasteiger partial charge on any atom is 0.305 e. The Morgan fingerprint density at radius 3 is 2.45 bits per heavy atom. The summed E-state index contributed by atoms with van der Waals surface area (Å²) in [5.74, 6) is -1.57. The van der Waals surface area contributed by atoms with Crippen molar-refractivity contribution in [2.45, 2.75) is 26.3 Å². The van der Waals surface area contributed by atoms with E-state index in [4.69, 9.17) is 4.74 Å². The number of hydrogen-bond donors (Lipinski definition) is 2. The van der Waals surface area contributed by atoms with Gasteiger partial charge in [0.2, 0.25) is 0 Å². The second-order valence-electron chi connectivity index (χ2n) is 7.19. The molecule has 2 aromatic carbocycles. The number of rotatable bonds is 7. The largest absolute Gasteiger partial charge is 0.494 e. The molecule has 0 aliphatic carbocycles. The number of aryl methyl sites for hydroxylation is 1. The van der Waals surface area contributed by atoms with E-state index in [1.54, 1.807) is 37.3 Å². The lowest BCUT2D eigenvalue weighted by atomic mass is 10.0. The highest BCUT2D eigenvalue weighted by molar-refractivity contribution is 5.94. The Morgan fingerprint density at radius 2 is 1.81 bits per heavy atom. The number of pyridine rings is 1. The summed E-state index contributed by atoms with van der Waals surface area (Å²) in [6.45, 7) is 3.55. The average molecular weight is 422 g/mol. The lowest BCUT2D eigenvalue weighted by Crippen LogP contribution is -2.31. The molecule has 0 bridgehead atoms. The monoisotopic (exact) mass is 422 g/mol. The third-order valence-corrected chi connectivity index (χ3v) is 5.00. The molecule has 1 amide bonds. The van der Waals surface area contributed by atoms with E-state index in [-0.39, 0.29) is 12.1 Å². The van der Waals surface area contributed by atoms with Crippen molar-refractivity contribution in [3.8, 4) is 17.0 Å². The molecule has 0 radical (unpaired) electrons. The number of carbonyl (C=O) groups is 2. The van der Waals surface area contributed by atoms with Gasteiger partial charge < -0.3 is 15.2 Å². The zero-order valence-corrected chi connectivity index (χ0v) is 17.5. The molecule has 31 heavy (non-hydrogen) atoms. The number of ether oxygens (including phenoxy) is 1. The van der Waals surface area contributed by atoms with Gasteiger partial charge in [0.1, 0.15) is 23.0 Å². The van der Waals surface area contributed by atoms with E-state index in [1.165, 1.54) is 19.2 Å². The first-order valence-electron chi connectivity index (χ1n) is 9.70. The van der Waals surface area contributed by atoms with Gasteiger partial charge in [-0.15, -0.1) is 0 Å². The molecule has 1 heterocycles. The molecule has 1 unspecified atom stereocenters. The lowest BCUT2D eigenvalue weighted by molar-refractivity contribution is -0.137. The number of aliphatic carboxylic acids is 1. The molecule has 7 heteroatoms. The molecule has 6 nitrogen and oxygen atoms in total.